The highest BCUT2D eigenvalue weighted by molar-refractivity contribution is 7.99. The second kappa shape index (κ2) is 4.81. The molecule has 0 aromatic carbocycles. The van der Waals surface area contributed by atoms with Gasteiger partial charge in [0.15, 0.2) is 0 Å². The molecule has 1 fully saturated rings. The number of thiocarbonyl (C=S) groups is 1. The van der Waals surface area contributed by atoms with Crippen LogP contribution in [0, 0.1) is 0 Å². The van der Waals surface area contributed by atoms with E-state index in [0.717, 1.165) is 5.69 Å². The summed E-state index contributed by atoms with van der Waals surface area (Å²) in [6, 6.07) is 4.42. The molecule has 0 saturated carbocycles. The Labute approximate surface area is 98.8 Å². The van der Waals surface area contributed by atoms with Gasteiger partial charge >= 0.3 is 0 Å². The van der Waals surface area contributed by atoms with Crippen molar-refractivity contribution < 1.29 is 0 Å². The zero-order valence-electron chi connectivity index (χ0n) is 8.27. The standard InChI is InChI=1S/C10H13N3S2/c11-10(14)9-5-7(1-3-12-9)13-8-2-4-15-6-8/h1,3,5,8H,2,4,6H2,(H2,11,14)(H,12,13). The first-order valence-corrected chi connectivity index (χ1v) is 6.42. The number of anilines is 1. The highest BCUT2D eigenvalue weighted by Gasteiger charge is 2.14. The lowest BCUT2D eigenvalue weighted by atomic mass is 10.2. The number of hydrogen-bond donors (Lipinski definition) is 2. The highest BCUT2D eigenvalue weighted by atomic mass is 32.2. The molecule has 3 N–H and O–H groups in total. The normalized spacial score (nSPS) is 20.1. The molecule has 1 aromatic rings. The summed E-state index contributed by atoms with van der Waals surface area (Å²) in [4.78, 5) is 4.45. The summed E-state index contributed by atoms with van der Waals surface area (Å²) in [6.07, 6.45) is 2.95. The van der Waals surface area contributed by atoms with Crippen LogP contribution in [-0.2, 0) is 0 Å². The lowest BCUT2D eigenvalue weighted by molar-refractivity contribution is 0.812. The number of nitrogens with zero attached hydrogens (tertiary/aromatic N) is 1. The Bertz CT molecular complexity index is 361. The van der Waals surface area contributed by atoms with Crippen LogP contribution in [0.15, 0.2) is 18.3 Å². The molecule has 1 aliphatic heterocycles. The predicted octanol–water partition coefficient (Wildman–Crippen LogP) is 1.63. The molecule has 80 valence electrons. The maximum absolute atomic E-state index is 5.53. The third kappa shape index (κ3) is 2.82. The van der Waals surface area contributed by atoms with Crippen molar-refractivity contribution in [1.29, 1.82) is 0 Å². The summed E-state index contributed by atoms with van der Waals surface area (Å²) in [5.74, 6) is 2.41. The fraction of sp³-hybridized carbons (Fsp3) is 0.400. The number of nitrogens with two attached hydrogens (primary N) is 1. The molecule has 1 saturated heterocycles. The number of hydrogen-bond acceptors (Lipinski definition) is 4. The Morgan fingerprint density at radius 2 is 2.53 bits per heavy atom. The number of nitrogens with one attached hydrogen (secondary N) is 1. The van der Waals surface area contributed by atoms with Gasteiger partial charge in [-0.2, -0.15) is 11.8 Å². The van der Waals surface area contributed by atoms with E-state index in [9.17, 15) is 0 Å². The molecule has 1 atom stereocenters. The van der Waals surface area contributed by atoms with E-state index in [4.69, 9.17) is 18.0 Å². The van der Waals surface area contributed by atoms with E-state index in [1.165, 1.54) is 17.9 Å². The number of thioether (sulfide) groups is 1. The molecule has 0 radical (unpaired) electrons. The third-order valence-electron chi connectivity index (χ3n) is 2.31. The summed E-state index contributed by atoms with van der Waals surface area (Å²) in [7, 11) is 0. The van der Waals surface area contributed by atoms with Crippen molar-refractivity contribution in [2.75, 3.05) is 16.8 Å². The average molecular weight is 239 g/mol. The van der Waals surface area contributed by atoms with E-state index in [-0.39, 0.29) is 0 Å². The highest BCUT2D eigenvalue weighted by Crippen LogP contribution is 2.21. The maximum Gasteiger partial charge on any atom is 0.122 e. The molecule has 1 unspecified atom stereocenters. The van der Waals surface area contributed by atoms with Crippen LogP contribution in [0.5, 0.6) is 0 Å². The molecule has 3 nitrogen and oxygen atoms in total. The van der Waals surface area contributed by atoms with Gasteiger partial charge in [0.05, 0.1) is 5.69 Å². The fourth-order valence-corrected chi connectivity index (χ4v) is 2.80. The van der Waals surface area contributed by atoms with Crippen LogP contribution in [0.25, 0.3) is 0 Å². The molecule has 1 aromatic heterocycles. The van der Waals surface area contributed by atoms with Gasteiger partial charge < -0.3 is 11.1 Å². The van der Waals surface area contributed by atoms with Crippen LogP contribution < -0.4 is 11.1 Å². The topological polar surface area (TPSA) is 50.9 Å². The van der Waals surface area contributed by atoms with Crippen molar-refractivity contribution in [1.82, 2.24) is 4.98 Å². The first-order chi connectivity index (χ1) is 7.25. The molecular formula is C10H13N3S2. The Kier molecular flexibility index (Phi) is 3.43. The van der Waals surface area contributed by atoms with Crippen LogP contribution in [0.3, 0.4) is 0 Å². The van der Waals surface area contributed by atoms with E-state index < -0.39 is 0 Å². The van der Waals surface area contributed by atoms with Gasteiger partial charge in [0.2, 0.25) is 0 Å². The monoisotopic (exact) mass is 239 g/mol. The van der Waals surface area contributed by atoms with Gasteiger partial charge in [0, 0.05) is 23.7 Å². The van der Waals surface area contributed by atoms with Crippen LogP contribution >= 0.6 is 24.0 Å². The van der Waals surface area contributed by atoms with Crippen molar-refractivity contribution in [3.05, 3.63) is 24.0 Å². The summed E-state index contributed by atoms with van der Waals surface area (Å²) in [6.45, 7) is 0. The number of rotatable bonds is 3. The average Bonchev–Trinajstić information content (AvgIpc) is 2.71. The smallest absolute Gasteiger partial charge is 0.122 e. The van der Waals surface area contributed by atoms with E-state index in [1.54, 1.807) is 6.20 Å². The molecule has 0 bridgehead atoms. The minimum Gasteiger partial charge on any atom is -0.388 e. The SMILES string of the molecule is NC(=S)c1cc(NC2CCSC2)ccn1. The van der Waals surface area contributed by atoms with Gasteiger partial charge in [0.25, 0.3) is 0 Å². The van der Waals surface area contributed by atoms with Crippen molar-refractivity contribution in [3.63, 3.8) is 0 Å². The molecule has 0 amide bonds. The molecular weight excluding hydrogens is 226 g/mol. The van der Waals surface area contributed by atoms with Gasteiger partial charge in [-0.3, -0.25) is 4.98 Å². The van der Waals surface area contributed by atoms with Crippen LogP contribution in [0.1, 0.15) is 12.1 Å². The lowest BCUT2D eigenvalue weighted by Gasteiger charge is -2.13. The Hall–Kier alpha value is -0.810. The molecule has 0 aliphatic carbocycles. The third-order valence-corrected chi connectivity index (χ3v) is 3.68. The van der Waals surface area contributed by atoms with E-state index in [2.05, 4.69) is 10.3 Å². The van der Waals surface area contributed by atoms with Crippen LogP contribution in [0.2, 0.25) is 0 Å². The van der Waals surface area contributed by atoms with Gasteiger partial charge in [-0.15, -0.1) is 0 Å². The molecule has 2 rings (SSSR count). The molecule has 2 heterocycles. The summed E-state index contributed by atoms with van der Waals surface area (Å²) >= 11 is 6.87. The quantitative estimate of drug-likeness (QED) is 0.785. The summed E-state index contributed by atoms with van der Waals surface area (Å²) in [5, 5.41) is 3.46. The minimum absolute atomic E-state index is 0.347. The van der Waals surface area contributed by atoms with Crippen LogP contribution in [-0.4, -0.2) is 27.5 Å². The Balaban J connectivity index is 2.07. The first kappa shape index (κ1) is 10.7. The predicted molar refractivity (Wildman–Crippen MR) is 69.5 cm³/mol. The Morgan fingerprint density at radius 3 is 3.20 bits per heavy atom. The van der Waals surface area contributed by atoms with Gasteiger partial charge in [-0.05, 0) is 24.3 Å². The summed E-state index contributed by atoms with van der Waals surface area (Å²) in [5.41, 5.74) is 7.26. The fourth-order valence-electron chi connectivity index (χ4n) is 1.54. The zero-order valence-corrected chi connectivity index (χ0v) is 9.90. The summed E-state index contributed by atoms with van der Waals surface area (Å²) < 4.78 is 0. The number of aromatic nitrogens is 1. The first-order valence-electron chi connectivity index (χ1n) is 4.86. The van der Waals surface area contributed by atoms with Crippen molar-refractivity contribution in [3.8, 4) is 0 Å². The maximum atomic E-state index is 5.53. The second-order valence-corrected chi connectivity index (χ2v) is 5.09. The van der Waals surface area contributed by atoms with Gasteiger partial charge in [-0.25, -0.2) is 0 Å². The number of pyridine rings is 1. The van der Waals surface area contributed by atoms with Crippen molar-refractivity contribution >= 4 is 34.7 Å². The van der Waals surface area contributed by atoms with E-state index in [1.807, 2.05) is 23.9 Å². The van der Waals surface area contributed by atoms with E-state index in [0.29, 0.717) is 16.7 Å². The van der Waals surface area contributed by atoms with Crippen molar-refractivity contribution in [2.45, 2.75) is 12.5 Å². The van der Waals surface area contributed by atoms with E-state index >= 15 is 0 Å². The molecule has 0 spiro atoms. The molecule has 15 heavy (non-hydrogen) atoms. The lowest BCUT2D eigenvalue weighted by Crippen LogP contribution is -2.19. The molecule has 1 aliphatic rings. The van der Waals surface area contributed by atoms with Crippen molar-refractivity contribution in [2.24, 2.45) is 5.73 Å². The van der Waals surface area contributed by atoms with Gasteiger partial charge in [0.1, 0.15) is 4.99 Å². The second-order valence-electron chi connectivity index (χ2n) is 3.50. The largest absolute Gasteiger partial charge is 0.388 e. The van der Waals surface area contributed by atoms with Gasteiger partial charge in [-0.1, -0.05) is 12.2 Å². The minimum atomic E-state index is 0.347. The zero-order chi connectivity index (χ0) is 10.7. The Morgan fingerprint density at radius 1 is 1.67 bits per heavy atom. The van der Waals surface area contributed by atoms with Crippen LogP contribution in [0.4, 0.5) is 5.69 Å². The molecule has 5 heteroatoms.